The van der Waals surface area contributed by atoms with E-state index in [0.717, 1.165) is 25.2 Å². The first-order valence-corrected chi connectivity index (χ1v) is 6.31. The number of halogens is 1. The molecule has 0 radical (unpaired) electrons. The number of aliphatic imine (C=N–C) groups is 1. The van der Waals surface area contributed by atoms with Gasteiger partial charge in [-0.2, -0.15) is 0 Å². The molecular formula is C12H23ClN2O2. The lowest BCUT2D eigenvalue weighted by Gasteiger charge is -2.05. The number of hydrogen-bond donors (Lipinski definition) is 2. The van der Waals surface area contributed by atoms with Crippen molar-refractivity contribution in [3.8, 4) is 0 Å². The van der Waals surface area contributed by atoms with Gasteiger partial charge in [0, 0.05) is 13.0 Å². The lowest BCUT2D eigenvalue weighted by Crippen LogP contribution is -2.28. The highest BCUT2D eigenvalue weighted by atomic mass is 35.5. The molecule has 5 heteroatoms. The van der Waals surface area contributed by atoms with Crippen LogP contribution in [0, 0.1) is 0 Å². The minimum Gasteiger partial charge on any atom is -0.476 e. The summed E-state index contributed by atoms with van der Waals surface area (Å²) in [5.74, 6) is 0.893. The fourth-order valence-electron chi connectivity index (χ4n) is 2.64. The zero-order valence-electron chi connectivity index (χ0n) is 10.3. The molecule has 2 saturated carbocycles. The Kier molecular flexibility index (Phi) is 5.70. The highest BCUT2D eigenvalue weighted by Gasteiger charge is 2.33. The van der Waals surface area contributed by atoms with E-state index in [1.165, 1.54) is 19.3 Å². The Morgan fingerprint density at radius 3 is 2.41 bits per heavy atom. The van der Waals surface area contributed by atoms with Gasteiger partial charge in [-0.25, -0.2) is 4.99 Å². The van der Waals surface area contributed by atoms with Gasteiger partial charge in [0.25, 0.3) is 0 Å². The number of ether oxygens (including phenoxy) is 1. The highest BCUT2D eigenvalue weighted by molar-refractivity contribution is 5.85. The Labute approximate surface area is 109 Å². The number of aliphatic hydroxyl groups is 1. The zero-order chi connectivity index (χ0) is 11.5. The van der Waals surface area contributed by atoms with Crippen molar-refractivity contribution in [2.24, 2.45) is 10.7 Å². The third-order valence-corrected chi connectivity index (χ3v) is 3.62. The van der Waals surface area contributed by atoms with Crippen molar-refractivity contribution in [2.75, 3.05) is 0 Å². The van der Waals surface area contributed by atoms with E-state index in [9.17, 15) is 0 Å². The van der Waals surface area contributed by atoms with E-state index in [1.807, 2.05) is 6.92 Å². The molecule has 100 valence electrons. The minimum atomic E-state index is -0.208. The average molecular weight is 263 g/mol. The normalized spacial score (nSPS) is 38.4. The largest absolute Gasteiger partial charge is 0.476 e. The second-order valence-electron chi connectivity index (χ2n) is 4.96. The van der Waals surface area contributed by atoms with Gasteiger partial charge in [-0.05, 0) is 38.5 Å². The average Bonchev–Trinajstić information content (AvgIpc) is 2.86. The van der Waals surface area contributed by atoms with Crippen LogP contribution in [0.4, 0.5) is 0 Å². The molecular weight excluding hydrogens is 240 g/mol. The third kappa shape index (κ3) is 3.83. The molecule has 0 saturated heterocycles. The first-order valence-electron chi connectivity index (χ1n) is 6.31. The minimum absolute atomic E-state index is 0. The molecule has 0 unspecified atom stereocenters. The van der Waals surface area contributed by atoms with Gasteiger partial charge in [0.15, 0.2) is 5.90 Å². The molecule has 4 atom stereocenters. The van der Waals surface area contributed by atoms with Gasteiger partial charge in [0.1, 0.15) is 6.10 Å². The summed E-state index contributed by atoms with van der Waals surface area (Å²) >= 11 is 0. The van der Waals surface area contributed by atoms with Crippen molar-refractivity contribution in [3.05, 3.63) is 0 Å². The van der Waals surface area contributed by atoms with Crippen LogP contribution in [0.3, 0.4) is 0 Å². The van der Waals surface area contributed by atoms with Crippen molar-refractivity contribution >= 4 is 18.3 Å². The predicted octanol–water partition coefficient (Wildman–Crippen LogP) is 1.64. The predicted molar refractivity (Wildman–Crippen MR) is 70.7 cm³/mol. The SMILES string of the molecule is CC1=N[C@H]2CCC[C@H]2O1.Cl.N[C@H]1CCC[C@H]1O. The summed E-state index contributed by atoms with van der Waals surface area (Å²) in [6.07, 6.45) is 6.99. The van der Waals surface area contributed by atoms with Crippen LogP contribution in [0.5, 0.6) is 0 Å². The van der Waals surface area contributed by atoms with Crippen molar-refractivity contribution in [3.63, 3.8) is 0 Å². The van der Waals surface area contributed by atoms with E-state index in [4.69, 9.17) is 15.6 Å². The maximum Gasteiger partial charge on any atom is 0.180 e. The molecule has 3 rings (SSSR count). The van der Waals surface area contributed by atoms with E-state index in [-0.39, 0.29) is 24.6 Å². The maximum absolute atomic E-state index is 8.87. The van der Waals surface area contributed by atoms with Crippen molar-refractivity contribution in [1.29, 1.82) is 0 Å². The standard InChI is InChI=1S/C7H11NO.C5H11NO.ClH/c1-5-8-6-3-2-4-7(6)9-5;6-4-2-1-3-5(4)7;/h6-7H,2-4H2,1H3;4-5,7H,1-3,6H2;1H/t6-,7+;4-,5+;/m00./s1. The number of hydrogen-bond acceptors (Lipinski definition) is 4. The fraction of sp³-hybridized carbons (Fsp3) is 0.917. The number of fused-ring (bicyclic) bond motifs is 1. The molecule has 3 aliphatic rings. The lowest BCUT2D eigenvalue weighted by atomic mass is 10.2. The lowest BCUT2D eigenvalue weighted by molar-refractivity contribution is 0.165. The highest BCUT2D eigenvalue weighted by Crippen LogP contribution is 2.29. The van der Waals surface area contributed by atoms with Crippen LogP contribution < -0.4 is 5.73 Å². The van der Waals surface area contributed by atoms with Crippen LogP contribution in [0.25, 0.3) is 0 Å². The molecule has 17 heavy (non-hydrogen) atoms. The zero-order valence-corrected chi connectivity index (χ0v) is 11.2. The Morgan fingerprint density at radius 1 is 1.24 bits per heavy atom. The molecule has 0 aromatic heterocycles. The van der Waals surface area contributed by atoms with E-state index < -0.39 is 0 Å². The van der Waals surface area contributed by atoms with Gasteiger partial charge in [0.05, 0.1) is 12.1 Å². The first-order chi connectivity index (χ1) is 7.66. The van der Waals surface area contributed by atoms with E-state index in [2.05, 4.69) is 4.99 Å². The van der Waals surface area contributed by atoms with Gasteiger partial charge < -0.3 is 15.6 Å². The topological polar surface area (TPSA) is 67.8 Å². The summed E-state index contributed by atoms with van der Waals surface area (Å²) in [4.78, 5) is 4.34. The third-order valence-electron chi connectivity index (χ3n) is 3.62. The van der Waals surface area contributed by atoms with Gasteiger partial charge in [-0.3, -0.25) is 0 Å². The summed E-state index contributed by atoms with van der Waals surface area (Å²) in [6, 6.07) is 0.588. The van der Waals surface area contributed by atoms with Crippen LogP contribution in [0.2, 0.25) is 0 Å². The van der Waals surface area contributed by atoms with Crippen LogP contribution >= 0.6 is 12.4 Å². The Morgan fingerprint density at radius 2 is 1.94 bits per heavy atom. The van der Waals surface area contributed by atoms with Crippen LogP contribution in [-0.2, 0) is 4.74 Å². The summed E-state index contributed by atoms with van der Waals surface area (Å²) < 4.78 is 5.44. The Hall–Kier alpha value is -0.320. The second-order valence-corrected chi connectivity index (χ2v) is 4.96. The molecule has 3 N–H and O–H groups in total. The number of aliphatic hydroxyl groups excluding tert-OH is 1. The molecule has 0 aromatic carbocycles. The molecule has 0 bridgehead atoms. The van der Waals surface area contributed by atoms with Crippen LogP contribution in [0.1, 0.15) is 45.4 Å². The molecule has 1 heterocycles. The van der Waals surface area contributed by atoms with Crippen LogP contribution in [0.15, 0.2) is 4.99 Å². The summed E-state index contributed by atoms with van der Waals surface area (Å²) in [6.45, 7) is 1.94. The molecule has 0 spiro atoms. The molecule has 0 amide bonds. The molecule has 2 fully saturated rings. The monoisotopic (exact) mass is 262 g/mol. The van der Waals surface area contributed by atoms with E-state index in [1.54, 1.807) is 0 Å². The number of rotatable bonds is 0. The Bertz CT molecular complexity index is 265. The summed E-state index contributed by atoms with van der Waals surface area (Å²) in [7, 11) is 0. The maximum atomic E-state index is 8.87. The fourth-order valence-corrected chi connectivity index (χ4v) is 2.64. The van der Waals surface area contributed by atoms with E-state index in [0.29, 0.717) is 12.1 Å². The summed E-state index contributed by atoms with van der Waals surface area (Å²) in [5, 5.41) is 8.87. The smallest absolute Gasteiger partial charge is 0.180 e. The quantitative estimate of drug-likeness (QED) is 0.697. The summed E-state index contributed by atoms with van der Waals surface area (Å²) in [5.41, 5.74) is 5.43. The molecule has 0 aromatic rings. The Balaban J connectivity index is 0.000000166. The van der Waals surface area contributed by atoms with Gasteiger partial charge >= 0.3 is 0 Å². The molecule has 4 nitrogen and oxygen atoms in total. The van der Waals surface area contributed by atoms with Crippen molar-refractivity contribution in [2.45, 2.75) is 69.7 Å². The van der Waals surface area contributed by atoms with Gasteiger partial charge in [-0.1, -0.05) is 0 Å². The van der Waals surface area contributed by atoms with Crippen molar-refractivity contribution < 1.29 is 9.84 Å². The van der Waals surface area contributed by atoms with E-state index >= 15 is 0 Å². The first kappa shape index (κ1) is 14.7. The number of nitrogens with zero attached hydrogens (tertiary/aromatic N) is 1. The number of nitrogens with two attached hydrogens (primary N) is 1. The van der Waals surface area contributed by atoms with Gasteiger partial charge in [0.2, 0.25) is 0 Å². The van der Waals surface area contributed by atoms with Gasteiger partial charge in [-0.15, -0.1) is 12.4 Å². The van der Waals surface area contributed by atoms with Crippen LogP contribution in [-0.4, -0.2) is 35.3 Å². The molecule has 1 aliphatic heterocycles. The second kappa shape index (κ2) is 6.57. The van der Waals surface area contributed by atoms with Crippen molar-refractivity contribution in [1.82, 2.24) is 0 Å². The molecule has 2 aliphatic carbocycles.